The van der Waals surface area contributed by atoms with Gasteiger partial charge in [0.1, 0.15) is 5.69 Å². The Morgan fingerprint density at radius 3 is 2.50 bits per heavy atom. The molecule has 0 radical (unpaired) electrons. The van der Waals surface area contributed by atoms with Gasteiger partial charge in [0.05, 0.1) is 22.1 Å². The molecule has 1 aliphatic heterocycles. The number of rotatable bonds is 9. The first-order chi connectivity index (χ1) is 15.3. The lowest BCUT2D eigenvalue weighted by Gasteiger charge is -2.30. The normalized spacial score (nSPS) is 16.2. The van der Waals surface area contributed by atoms with Crippen LogP contribution < -0.4 is 0 Å². The van der Waals surface area contributed by atoms with Crippen molar-refractivity contribution in [2.24, 2.45) is 0 Å². The van der Waals surface area contributed by atoms with Crippen LogP contribution in [0.4, 0.5) is 5.69 Å². The molecule has 0 aliphatic carbocycles. The monoisotopic (exact) mass is 476 g/mol. The topological polar surface area (TPSA) is 81.3 Å². The molecule has 32 heavy (non-hydrogen) atoms. The Balaban J connectivity index is 1.93. The summed E-state index contributed by atoms with van der Waals surface area (Å²) in [5, 5.41) is 16.4. The van der Waals surface area contributed by atoms with Crippen LogP contribution in [-0.4, -0.2) is 54.2 Å². The molecule has 1 aromatic carbocycles. The highest BCUT2D eigenvalue weighted by Gasteiger charge is 2.40. The summed E-state index contributed by atoms with van der Waals surface area (Å²) in [7, 11) is 0. The van der Waals surface area contributed by atoms with Crippen molar-refractivity contribution >= 4 is 35.1 Å². The lowest BCUT2D eigenvalue weighted by molar-refractivity contribution is -0.385. The number of nitrogens with zero attached hydrogens (tertiary/aromatic N) is 4. The number of carbonyl (C=O) groups is 1. The van der Waals surface area contributed by atoms with Gasteiger partial charge < -0.3 is 4.90 Å². The lowest BCUT2D eigenvalue weighted by atomic mass is 10.1. The molecule has 3 rings (SSSR count). The van der Waals surface area contributed by atoms with Crippen molar-refractivity contribution in [1.29, 1.82) is 0 Å². The second-order valence-corrected chi connectivity index (χ2v) is 11.2. The summed E-state index contributed by atoms with van der Waals surface area (Å²) in [5.41, 5.74) is 3.56. The van der Waals surface area contributed by atoms with Gasteiger partial charge in [-0.3, -0.25) is 19.6 Å². The molecule has 0 N–H and O–H groups in total. The zero-order chi connectivity index (χ0) is 23.4. The van der Waals surface area contributed by atoms with Crippen LogP contribution in [0.5, 0.6) is 0 Å². The van der Waals surface area contributed by atoms with E-state index in [1.807, 2.05) is 54.4 Å². The fourth-order valence-corrected chi connectivity index (χ4v) is 7.06. The SMILES string of the molecule is CCSC(SCC)[C@@H]1CCCN1C(=O)c1nn(Cc2ccc(C)c(C)c2)c(C)c1[N+](=O)[O-]. The van der Waals surface area contributed by atoms with E-state index >= 15 is 0 Å². The molecule has 1 fully saturated rings. The van der Waals surface area contributed by atoms with Gasteiger partial charge in [-0.05, 0) is 61.8 Å². The molecule has 0 saturated carbocycles. The molecule has 0 bridgehead atoms. The van der Waals surface area contributed by atoms with Crippen LogP contribution >= 0.6 is 23.5 Å². The molecular weight excluding hydrogens is 444 g/mol. The Bertz CT molecular complexity index is 986. The molecule has 174 valence electrons. The molecule has 1 saturated heterocycles. The molecule has 1 atom stereocenters. The number of thioether (sulfide) groups is 2. The van der Waals surface area contributed by atoms with Gasteiger partial charge in [-0.25, -0.2) is 0 Å². The minimum absolute atomic E-state index is 0.0371. The third kappa shape index (κ3) is 5.14. The Hall–Kier alpha value is -2.00. The number of carbonyl (C=O) groups excluding carboxylic acids is 1. The van der Waals surface area contributed by atoms with Crippen molar-refractivity contribution in [2.45, 2.75) is 64.6 Å². The first kappa shape index (κ1) is 24.6. The average molecular weight is 477 g/mol. The van der Waals surface area contributed by atoms with Crippen LogP contribution in [-0.2, 0) is 6.54 Å². The van der Waals surface area contributed by atoms with Crippen molar-refractivity contribution < 1.29 is 9.72 Å². The third-order valence-electron chi connectivity index (χ3n) is 6.00. The predicted octanol–water partition coefficient (Wildman–Crippen LogP) is 5.20. The van der Waals surface area contributed by atoms with E-state index in [0.29, 0.717) is 18.8 Å². The predicted molar refractivity (Wildman–Crippen MR) is 133 cm³/mol. The summed E-state index contributed by atoms with van der Waals surface area (Å²) in [6.07, 6.45) is 1.84. The summed E-state index contributed by atoms with van der Waals surface area (Å²) in [6, 6.07) is 6.18. The second kappa shape index (κ2) is 10.7. The van der Waals surface area contributed by atoms with E-state index in [0.717, 1.165) is 35.5 Å². The highest BCUT2D eigenvalue weighted by atomic mass is 32.2. The van der Waals surface area contributed by atoms with Crippen LogP contribution in [0.25, 0.3) is 0 Å². The Labute approximate surface area is 198 Å². The summed E-state index contributed by atoms with van der Waals surface area (Å²) in [6.45, 7) is 11.0. The number of benzene rings is 1. The Morgan fingerprint density at radius 1 is 1.22 bits per heavy atom. The van der Waals surface area contributed by atoms with Crippen LogP contribution in [0.3, 0.4) is 0 Å². The maximum atomic E-state index is 13.5. The zero-order valence-electron chi connectivity index (χ0n) is 19.5. The number of hydrogen-bond acceptors (Lipinski definition) is 6. The maximum absolute atomic E-state index is 13.5. The number of hydrogen-bond donors (Lipinski definition) is 0. The maximum Gasteiger partial charge on any atom is 0.322 e. The molecular formula is C23H32N4O3S2. The Kier molecular flexibility index (Phi) is 8.27. The summed E-state index contributed by atoms with van der Waals surface area (Å²) < 4.78 is 1.87. The molecule has 2 aromatic rings. The standard InChI is InChI=1S/C23H32N4O3S2/c1-6-31-23(32-7-2)19-9-8-12-25(19)22(28)20-21(27(29)30)17(5)26(24-20)14-18-11-10-15(3)16(4)13-18/h10-11,13,19,23H,6-9,12,14H2,1-5H3/t19-/m0/s1. The fourth-order valence-electron chi connectivity index (χ4n) is 4.19. The highest BCUT2D eigenvalue weighted by Crippen LogP contribution is 2.36. The molecule has 9 heteroatoms. The zero-order valence-corrected chi connectivity index (χ0v) is 21.1. The molecule has 1 aliphatic rings. The average Bonchev–Trinajstić information content (AvgIpc) is 3.35. The smallest absolute Gasteiger partial charge is 0.322 e. The van der Waals surface area contributed by atoms with Crippen molar-refractivity contribution in [3.63, 3.8) is 0 Å². The summed E-state index contributed by atoms with van der Waals surface area (Å²) in [4.78, 5) is 26.8. The van der Waals surface area contributed by atoms with Gasteiger partial charge >= 0.3 is 5.69 Å². The number of amides is 1. The van der Waals surface area contributed by atoms with E-state index in [-0.39, 0.29) is 27.9 Å². The van der Waals surface area contributed by atoms with Gasteiger partial charge in [0.2, 0.25) is 5.69 Å². The lowest BCUT2D eigenvalue weighted by Crippen LogP contribution is -2.41. The van der Waals surface area contributed by atoms with Crippen molar-refractivity contribution in [3.8, 4) is 0 Å². The van der Waals surface area contributed by atoms with Crippen molar-refractivity contribution in [2.75, 3.05) is 18.1 Å². The summed E-state index contributed by atoms with van der Waals surface area (Å²) >= 11 is 3.69. The van der Waals surface area contributed by atoms with Crippen LogP contribution in [0.15, 0.2) is 18.2 Å². The van der Waals surface area contributed by atoms with Crippen LogP contribution in [0.1, 0.15) is 59.6 Å². The molecule has 1 amide bonds. The van der Waals surface area contributed by atoms with Crippen LogP contribution in [0.2, 0.25) is 0 Å². The van der Waals surface area contributed by atoms with Crippen molar-refractivity contribution in [1.82, 2.24) is 14.7 Å². The molecule has 1 aromatic heterocycles. The first-order valence-electron chi connectivity index (χ1n) is 11.1. The largest absolute Gasteiger partial charge is 0.332 e. The van der Waals surface area contributed by atoms with Crippen LogP contribution in [0, 0.1) is 30.9 Å². The highest BCUT2D eigenvalue weighted by molar-refractivity contribution is 8.17. The van der Waals surface area contributed by atoms with E-state index in [2.05, 4.69) is 25.0 Å². The number of aromatic nitrogens is 2. The van der Waals surface area contributed by atoms with Gasteiger partial charge in [-0.1, -0.05) is 32.0 Å². The van der Waals surface area contributed by atoms with Gasteiger partial charge in [0.25, 0.3) is 5.91 Å². The molecule has 2 heterocycles. The van der Waals surface area contributed by atoms with E-state index in [1.54, 1.807) is 11.6 Å². The second-order valence-electron chi connectivity index (χ2n) is 8.10. The minimum atomic E-state index is -0.462. The minimum Gasteiger partial charge on any atom is -0.332 e. The van der Waals surface area contributed by atoms with Crippen molar-refractivity contribution in [3.05, 3.63) is 56.4 Å². The molecule has 0 spiro atoms. The summed E-state index contributed by atoms with van der Waals surface area (Å²) in [5.74, 6) is 1.62. The fraction of sp³-hybridized carbons (Fsp3) is 0.565. The van der Waals surface area contributed by atoms with E-state index in [4.69, 9.17) is 0 Å². The number of aryl methyl sites for hydroxylation is 2. The Morgan fingerprint density at radius 2 is 1.91 bits per heavy atom. The molecule has 7 nitrogen and oxygen atoms in total. The van der Waals surface area contributed by atoms with E-state index in [9.17, 15) is 14.9 Å². The quantitative estimate of drug-likeness (QED) is 0.281. The third-order valence-corrected chi connectivity index (χ3v) is 8.77. The molecule has 0 unspecified atom stereocenters. The van der Waals surface area contributed by atoms with Gasteiger partial charge in [0, 0.05) is 6.54 Å². The number of nitro groups is 1. The van der Waals surface area contributed by atoms with E-state index in [1.165, 1.54) is 5.56 Å². The van der Waals surface area contributed by atoms with Gasteiger partial charge in [0.15, 0.2) is 0 Å². The number of likely N-dealkylation sites (tertiary alicyclic amines) is 1. The van der Waals surface area contributed by atoms with Gasteiger partial charge in [-0.2, -0.15) is 5.10 Å². The first-order valence-corrected chi connectivity index (χ1v) is 13.2. The van der Waals surface area contributed by atoms with Gasteiger partial charge in [-0.15, -0.1) is 23.5 Å². The van der Waals surface area contributed by atoms with E-state index < -0.39 is 4.92 Å².